The molecule has 0 radical (unpaired) electrons. The molecule has 1 aliphatic heterocycles. The van der Waals surface area contributed by atoms with Gasteiger partial charge in [0.05, 0.1) is 0 Å². The first kappa shape index (κ1) is 43.3. The first-order valence-corrected chi connectivity index (χ1v) is 14.9. The number of aliphatic hydroxyl groups is 1. The van der Waals surface area contributed by atoms with E-state index < -0.39 is 47.8 Å². The predicted molar refractivity (Wildman–Crippen MR) is 160 cm³/mol. The van der Waals surface area contributed by atoms with Gasteiger partial charge in [0, 0.05) is 49.3 Å². The molecular formula is C31H27BrF12N2O5. The minimum Gasteiger partial charge on any atom is -0.475 e. The number of carboxylic acid groups (broad SMARTS) is 2. The molecule has 1 fully saturated rings. The lowest BCUT2D eigenvalue weighted by Crippen LogP contribution is -2.53. The lowest BCUT2D eigenvalue weighted by atomic mass is 9.90. The third kappa shape index (κ3) is 12.7. The van der Waals surface area contributed by atoms with E-state index in [0.717, 1.165) is 61.4 Å². The lowest BCUT2D eigenvalue weighted by molar-refractivity contribution is -0.376. The molecule has 282 valence electrons. The van der Waals surface area contributed by atoms with Gasteiger partial charge in [-0.2, -0.15) is 52.7 Å². The highest BCUT2D eigenvalue weighted by molar-refractivity contribution is 9.10. The van der Waals surface area contributed by atoms with Crippen LogP contribution in [0, 0.1) is 0 Å². The first-order chi connectivity index (χ1) is 23.3. The Morgan fingerprint density at radius 2 is 0.824 bits per heavy atom. The number of rotatable bonds is 6. The van der Waals surface area contributed by atoms with Crippen LogP contribution < -0.4 is 0 Å². The Morgan fingerprint density at radius 1 is 0.549 bits per heavy atom. The van der Waals surface area contributed by atoms with Crippen LogP contribution in [-0.2, 0) is 28.3 Å². The zero-order valence-corrected chi connectivity index (χ0v) is 27.2. The summed E-state index contributed by atoms with van der Waals surface area (Å²) in [6.07, 6.45) is -22.0. The van der Waals surface area contributed by atoms with Crippen molar-refractivity contribution in [2.75, 3.05) is 26.2 Å². The van der Waals surface area contributed by atoms with Crippen LogP contribution in [0.15, 0.2) is 77.3 Å². The molecule has 51 heavy (non-hydrogen) atoms. The highest BCUT2D eigenvalue weighted by Crippen LogP contribution is 2.50. The molecule has 0 aliphatic carbocycles. The maximum absolute atomic E-state index is 13.1. The van der Waals surface area contributed by atoms with E-state index >= 15 is 0 Å². The second kappa shape index (κ2) is 17.1. The van der Waals surface area contributed by atoms with E-state index in [2.05, 4.69) is 37.9 Å². The monoisotopic (exact) mass is 814 g/mol. The Hall–Kier alpha value is -3.88. The number of hydrogen-bond acceptors (Lipinski definition) is 5. The molecule has 4 rings (SSSR count). The SMILES string of the molecule is O=C(O)C(F)(F)F.O=C(O)C(F)(F)F.OC(c1ccc(-c2ccc(CN3CCN(Cc4ccc(Br)cc4)CC3)cc2)cc1)(C(F)(F)F)C(F)(F)F. The van der Waals surface area contributed by atoms with Crippen molar-refractivity contribution >= 4 is 27.9 Å². The normalized spacial score (nSPS) is 14.9. The number of carboxylic acids is 2. The molecule has 7 nitrogen and oxygen atoms in total. The number of aliphatic carboxylic acids is 2. The van der Waals surface area contributed by atoms with Crippen molar-refractivity contribution in [3.63, 3.8) is 0 Å². The van der Waals surface area contributed by atoms with E-state index in [9.17, 15) is 57.8 Å². The Labute approximate surface area is 289 Å². The van der Waals surface area contributed by atoms with Crippen LogP contribution in [-0.4, -0.2) is 87.9 Å². The summed E-state index contributed by atoms with van der Waals surface area (Å²) in [6, 6.07) is 19.3. The molecule has 0 atom stereocenters. The highest BCUT2D eigenvalue weighted by Gasteiger charge is 2.71. The summed E-state index contributed by atoms with van der Waals surface area (Å²) in [5, 5.41) is 23.8. The summed E-state index contributed by atoms with van der Waals surface area (Å²) in [7, 11) is 0. The average molecular weight is 815 g/mol. The second-order valence-corrected chi connectivity index (χ2v) is 11.7. The van der Waals surface area contributed by atoms with Crippen LogP contribution in [0.2, 0.25) is 0 Å². The molecule has 1 aliphatic rings. The Kier molecular flexibility index (Phi) is 14.5. The second-order valence-electron chi connectivity index (χ2n) is 10.8. The molecule has 0 amide bonds. The van der Waals surface area contributed by atoms with Gasteiger partial charge in [0.1, 0.15) is 0 Å². The minimum atomic E-state index is -5.90. The van der Waals surface area contributed by atoms with Crippen LogP contribution in [0.25, 0.3) is 11.1 Å². The van der Waals surface area contributed by atoms with Gasteiger partial charge in [0.2, 0.25) is 0 Å². The predicted octanol–water partition coefficient (Wildman–Crippen LogP) is 8.01. The fourth-order valence-corrected chi connectivity index (χ4v) is 4.67. The standard InChI is InChI=1S/C27H25BrF6N2O.2C2HF3O2/c28-24-11-3-20(4-12-24)18-36-15-13-35(14-16-36)17-19-1-5-21(6-2-19)22-7-9-23(10-8-22)25(37,26(29,30)31)27(32,33)34;2*3-2(4,5)1(6)7/h1-12,37H,13-18H2;2*(H,6,7). The van der Waals surface area contributed by atoms with Crippen molar-refractivity contribution in [3.8, 4) is 11.1 Å². The van der Waals surface area contributed by atoms with E-state index in [1.54, 1.807) is 12.1 Å². The molecule has 20 heteroatoms. The van der Waals surface area contributed by atoms with Gasteiger partial charge in [-0.3, -0.25) is 9.80 Å². The fraction of sp³-hybridized carbons (Fsp3) is 0.355. The van der Waals surface area contributed by atoms with Crippen molar-refractivity contribution in [1.82, 2.24) is 9.80 Å². The van der Waals surface area contributed by atoms with Crippen LogP contribution in [0.3, 0.4) is 0 Å². The van der Waals surface area contributed by atoms with Gasteiger partial charge >= 0.3 is 36.6 Å². The number of halogens is 13. The van der Waals surface area contributed by atoms with Gasteiger partial charge in [-0.15, -0.1) is 0 Å². The molecule has 0 aromatic heterocycles. The minimum absolute atomic E-state index is 0.448. The van der Waals surface area contributed by atoms with Crippen molar-refractivity contribution < 1.29 is 77.6 Å². The van der Waals surface area contributed by atoms with Gasteiger partial charge < -0.3 is 15.3 Å². The molecule has 1 heterocycles. The van der Waals surface area contributed by atoms with Crippen molar-refractivity contribution in [3.05, 3.63) is 94.0 Å². The maximum atomic E-state index is 13.1. The molecule has 3 N–H and O–H groups in total. The van der Waals surface area contributed by atoms with E-state index in [0.29, 0.717) is 23.3 Å². The van der Waals surface area contributed by atoms with E-state index in [4.69, 9.17) is 19.8 Å². The Morgan fingerprint density at radius 3 is 1.10 bits per heavy atom. The molecule has 0 saturated carbocycles. The number of hydrogen-bond donors (Lipinski definition) is 3. The molecule has 3 aromatic carbocycles. The number of nitrogens with zero attached hydrogens (tertiary/aromatic N) is 2. The Balaban J connectivity index is 0.000000543. The summed E-state index contributed by atoms with van der Waals surface area (Å²) >= 11 is 3.45. The van der Waals surface area contributed by atoms with Gasteiger partial charge in [0.15, 0.2) is 0 Å². The van der Waals surface area contributed by atoms with Crippen LogP contribution in [0.5, 0.6) is 0 Å². The fourth-order valence-electron chi connectivity index (χ4n) is 4.41. The Bertz CT molecular complexity index is 1530. The van der Waals surface area contributed by atoms with Crippen molar-refractivity contribution in [2.24, 2.45) is 0 Å². The number of carbonyl (C=O) groups is 2. The van der Waals surface area contributed by atoms with Gasteiger partial charge in [0.25, 0.3) is 5.60 Å². The van der Waals surface area contributed by atoms with Crippen LogP contribution in [0.1, 0.15) is 16.7 Å². The van der Waals surface area contributed by atoms with Crippen molar-refractivity contribution in [2.45, 2.75) is 43.4 Å². The van der Waals surface area contributed by atoms with E-state index in [-0.39, 0.29) is 0 Å². The molecule has 0 bridgehead atoms. The zero-order valence-electron chi connectivity index (χ0n) is 25.6. The zero-order chi connectivity index (χ0) is 39.0. The third-order valence-corrected chi connectivity index (χ3v) is 7.61. The molecule has 1 saturated heterocycles. The van der Waals surface area contributed by atoms with Crippen LogP contribution >= 0.6 is 15.9 Å². The summed E-state index contributed by atoms with van der Waals surface area (Å²) in [6.45, 7) is 5.38. The quantitative estimate of drug-likeness (QED) is 0.217. The third-order valence-electron chi connectivity index (χ3n) is 7.09. The maximum Gasteiger partial charge on any atom is 0.490 e. The van der Waals surface area contributed by atoms with Gasteiger partial charge in [-0.25, -0.2) is 9.59 Å². The number of alkyl halides is 12. The summed E-state index contributed by atoms with van der Waals surface area (Å²) < 4.78 is 143. The largest absolute Gasteiger partial charge is 0.490 e. The molecule has 0 spiro atoms. The molecular weight excluding hydrogens is 788 g/mol. The smallest absolute Gasteiger partial charge is 0.475 e. The van der Waals surface area contributed by atoms with Crippen LogP contribution in [0.4, 0.5) is 52.7 Å². The summed E-state index contributed by atoms with van der Waals surface area (Å²) in [4.78, 5) is 22.5. The highest BCUT2D eigenvalue weighted by atomic mass is 79.9. The van der Waals surface area contributed by atoms with Crippen molar-refractivity contribution in [1.29, 1.82) is 0 Å². The summed E-state index contributed by atoms with van der Waals surface area (Å²) in [5.74, 6) is -5.51. The topological polar surface area (TPSA) is 101 Å². The lowest BCUT2D eigenvalue weighted by Gasteiger charge is -2.34. The number of piperazine rings is 1. The average Bonchev–Trinajstić information content (AvgIpc) is 3.02. The number of benzene rings is 3. The van der Waals surface area contributed by atoms with E-state index in [1.165, 1.54) is 5.56 Å². The van der Waals surface area contributed by atoms with Gasteiger partial charge in [-0.05, 0) is 34.4 Å². The summed E-state index contributed by atoms with van der Waals surface area (Å²) in [5.41, 5.74) is -2.77. The molecule has 3 aromatic rings. The van der Waals surface area contributed by atoms with Gasteiger partial charge in [-0.1, -0.05) is 76.6 Å². The van der Waals surface area contributed by atoms with E-state index in [1.807, 2.05) is 24.3 Å². The molecule has 0 unspecified atom stereocenters. The first-order valence-electron chi connectivity index (χ1n) is 14.1.